The van der Waals surface area contributed by atoms with Gasteiger partial charge in [-0.15, -0.1) is 0 Å². The lowest BCUT2D eigenvalue weighted by molar-refractivity contribution is -0.141. The number of pyridine rings is 1. The summed E-state index contributed by atoms with van der Waals surface area (Å²) in [6.07, 6.45) is -1.35. The van der Waals surface area contributed by atoms with Crippen LogP contribution in [0.15, 0.2) is 18.3 Å². The first-order chi connectivity index (χ1) is 11.8. The van der Waals surface area contributed by atoms with E-state index in [4.69, 9.17) is 0 Å². The summed E-state index contributed by atoms with van der Waals surface area (Å²) in [7, 11) is 0. The average molecular weight is 351 g/mol. The number of halogens is 3. The fourth-order valence-corrected chi connectivity index (χ4v) is 3.03. The summed E-state index contributed by atoms with van der Waals surface area (Å²) in [5.74, 6) is 1.62. The number of rotatable bonds is 2. The zero-order valence-electron chi connectivity index (χ0n) is 13.5. The van der Waals surface area contributed by atoms with E-state index in [9.17, 15) is 18.0 Å². The monoisotopic (exact) mass is 351 g/mol. The maximum atomic E-state index is 12.7. The van der Waals surface area contributed by atoms with Gasteiger partial charge in [0.1, 0.15) is 11.5 Å². The molecule has 1 amide bonds. The van der Waals surface area contributed by atoms with Gasteiger partial charge in [0.2, 0.25) is 0 Å². The van der Waals surface area contributed by atoms with Crippen LogP contribution in [0.1, 0.15) is 59.4 Å². The topological polar surface area (TPSA) is 63.9 Å². The summed E-state index contributed by atoms with van der Waals surface area (Å²) in [6.45, 7) is 2.81. The van der Waals surface area contributed by atoms with Crippen molar-refractivity contribution in [1.29, 1.82) is 0 Å². The molecule has 1 atom stereocenters. The molecule has 4 rings (SSSR count). The highest BCUT2D eigenvalue weighted by atomic mass is 19.4. The molecule has 0 radical (unpaired) electrons. The third kappa shape index (κ3) is 2.87. The predicted octanol–water partition coefficient (Wildman–Crippen LogP) is 2.79. The van der Waals surface area contributed by atoms with Gasteiger partial charge in [0.25, 0.3) is 5.91 Å². The Morgan fingerprint density at radius 1 is 1.24 bits per heavy atom. The van der Waals surface area contributed by atoms with E-state index in [-0.39, 0.29) is 17.5 Å². The smallest absolute Gasteiger partial charge is 0.327 e. The Hall–Kier alpha value is -2.45. The van der Waals surface area contributed by atoms with Crippen molar-refractivity contribution in [2.45, 2.75) is 44.4 Å². The fourth-order valence-electron chi connectivity index (χ4n) is 3.03. The number of alkyl halides is 3. The van der Waals surface area contributed by atoms with Crippen LogP contribution in [0.25, 0.3) is 0 Å². The van der Waals surface area contributed by atoms with Crippen LogP contribution < -0.4 is 0 Å². The van der Waals surface area contributed by atoms with Gasteiger partial charge < -0.3 is 4.90 Å². The lowest BCUT2D eigenvalue weighted by Crippen LogP contribution is -2.41. The minimum Gasteiger partial charge on any atom is -0.327 e. The number of hydrogen-bond donors (Lipinski definition) is 0. The lowest BCUT2D eigenvalue weighted by atomic mass is 10.1. The zero-order valence-corrected chi connectivity index (χ0v) is 13.5. The van der Waals surface area contributed by atoms with Gasteiger partial charge in [-0.3, -0.25) is 9.78 Å². The molecule has 1 saturated carbocycles. The Morgan fingerprint density at radius 2 is 2.00 bits per heavy atom. The Morgan fingerprint density at radius 3 is 2.60 bits per heavy atom. The second-order valence-corrected chi connectivity index (χ2v) is 6.43. The molecule has 25 heavy (non-hydrogen) atoms. The number of amides is 1. The number of carbonyl (C=O) groups is 1. The molecule has 1 fully saturated rings. The highest BCUT2D eigenvalue weighted by molar-refractivity contribution is 5.94. The van der Waals surface area contributed by atoms with Gasteiger partial charge in [0.15, 0.2) is 5.82 Å². The quantitative estimate of drug-likeness (QED) is 0.835. The highest BCUT2D eigenvalue weighted by Crippen LogP contribution is 2.39. The van der Waals surface area contributed by atoms with Crippen molar-refractivity contribution >= 4 is 5.91 Å². The Bertz CT molecular complexity index is 810. The first-order valence-electron chi connectivity index (χ1n) is 8.13. The third-order valence-electron chi connectivity index (χ3n) is 4.61. The molecule has 2 aliphatic rings. The molecule has 0 spiro atoms. The maximum Gasteiger partial charge on any atom is 0.433 e. The molecular weight excluding hydrogens is 335 g/mol. The first-order valence-corrected chi connectivity index (χ1v) is 8.13. The van der Waals surface area contributed by atoms with Crippen LogP contribution in [0, 0.1) is 0 Å². The lowest BCUT2D eigenvalue weighted by Gasteiger charge is -2.32. The molecule has 2 aromatic heterocycles. The van der Waals surface area contributed by atoms with Crippen LogP contribution in [0.2, 0.25) is 0 Å². The Balaban J connectivity index is 1.56. The van der Waals surface area contributed by atoms with E-state index in [1.807, 2.05) is 11.6 Å². The van der Waals surface area contributed by atoms with Crippen molar-refractivity contribution in [3.05, 3.63) is 41.2 Å². The van der Waals surface area contributed by atoms with Gasteiger partial charge >= 0.3 is 6.18 Å². The molecular formula is C16H16F3N5O. The molecule has 6 nitrogen and oxygen atoms in total. The Labute approximate surface area is 141 Å². The van der Waals surface area contributed by atoms with Crippen LogP contribution in [-0.2, 0) is 12.7 Å². The molecule has 132 valence electrons. The van der Waals surface area contributed by atoms with Crippen molar-refractivity contribution < 1.29 is 18.0 Å². The number of carbonyl (C=O) groups excluding carboxylic acids is 1. The summed E-state index contributed by atoms with van der Waals surface area (Å²) in [6, 6.07) is 1.71. The van der Waals surface area contributed by atoms with Crippen molar-refractivity contribution in [1.82, 2.24) is 24.6 Å². The summed E-state index contributed by atoms with van der Waals surface area (Å²) in [5, 5.41) is 4.50. The van der Waals surface area contributed by atoms with Crippen molar-refractivity contribution in [3.8, 4) is 0 Å². The van der Waals surface area contributed by atoms with Gasteiger partial charge in [-0.05, 0) is 31.9 Å². The first kappa shape index (κ1) is 16.0. The SMILES string of the molecule is C[C@@H]1c2nc(C3CC3)nn2CCN1C(=O)c1ccc(C(F)(F)F)nc1. The van der Waals surface area contributed by atoms with Crippen molar-refractivity contribution in [2.24, 2.45) is 0 Å². The molecule has 2 aromatic rings. The van der Waals surface area contributed by atoms with Crippen LogP contribution in [0.5, 0.6) is 0 Å². The Kier molecular flexibility index (Phi) is 3.55. The number of fused-ring (bicyclic) bond motifs is 1. The second kappa shape index (κ2) is 5.53. The normalized spacial score (nSPS) is 20.5. The van der Waals surface area contributed by atoms with Gasteiger partial charge in [0.05, 0.1) is 18.2 Å². The zero-order chi connectivity index (χ0) is 17.8. The van der Waals surface area contributed by atoms with Gasteiger partial charge in [-0.25, -0.2) is 9.67 Å². The van der Waals surface area contributed by atoms with Gasteiger partial charge in [-0.1, -0.05) is 0 Å². The molecule has 0 unspecified atom stereocenters. The van der Waals surface area contributed by atoms with Crippen LogP contribution in [0.4, 0.5) is 13.2 Å². The van der Waals surface area contributed by atoms with Crippen molar-refractivity contribution in [3.63, 3.8) is 0 Å². The van der Waals surface area contributed by atoms with Crippen LogP contribution >= 0.6 is 0 Å². The molecule has 3 heterocycles. The van der Waals surface area contributed by atoms with Crippen molar-refractivity contribution in [2.75, 3.05) is 6.54 Å². The standard InChI is InChI=1S/C16H16F3N5O/c1-9-14-21-13(10-2-3-10)22-24(14)7-6-23(9)15(25)11-4-5-12(20-8-11)16(17,18)19/h4-5,8-10H,2-3,6-7H2,1H3/t9-/m1/s1. The molecule has 1 aliphatic heterocycles. The van der Waals surface area contributed by atoms with E-state index in [2.05, 4.69) is 15.1 Å². The minimum absolute atomic E-state index is 0.134. The average Bonchev–Trinajstić information content (AvgIpc) is 3.33. The molecule has 0 saturated heterocycles. The van der Waals surface area contributed by atoms with E-state index in [1.165, 1.54) is 6.07 Å². The molecule has 0 N–H and O–H groups in total. The molecule has 9 heteroatoms. The second-order valence-electron chi connectivity index (χ2n) is 6.43. The van der Waals surface area contributed by atoms with Gasteiger partial charge in [-0.2, -0.15) is 18.3 Å². The molecule has 0 aromatic carbocycles. The summed E-state index contributed by atoms with van der Waals surface area (Å²) >= 11 is 0. The van der Waals surface area contributed by atoms with Gasteiger partial charge in [0, 0.05) is 18.7 Å². The minimum atomic E-state index is -4.52. The van der Waals surface area contributed by atoms with E-state index >= 15 is 0 Å². The highest BCUT2D eigenvalue weighted by Gasteiger charge is 2.36. The maximum absolute atomic E-state index is 12.7. The number of aromatic nitrogens is 4. The van der Waals surface area contributed by atoms with E-state index in [0.717, 1.165) is 36.8 Å². The van der Waals surface area contributed by atoms with E-state index in [1.54, 1.807) is 4.90 Å². The third-order valence-corrected chi connectivity index (χ3v) is 4.61. The van der Waals surface area contributed by atoms with Crippen LogP contribution in [0.3, 0.4) is 0 Å². The summed E-state index contributed by atoms with van der Waals surface area (Å²) in [4.78, 5) is 22.2. The predicted molar refractivity (Wildman–Crippen MR) is 80.7 cm³/mol. The summed E-state index contributed by atoms with van der Waals surface area (Å²) in [5.41, 5.74) is -0.875. The number of hydrogen-bond acceptors (Lipinski definition) is 4. The fraction of sp³-hybridized carbons (Fsp3) is 0.500. The molecule has 1 aliphatic carbocycles. The molecule has 0 bridgehead atoms. The van der Waals surface area contributed by atoms with Crippen LogP contribution in [-0.4, -0.2) is 37.1 Å². The summed E-state index contributed by atoms with van der Waals surface area (Å²) < 4.78 is 39.6. The van der Waals surface area contributed by atoms with E-state index in [0.29, 0.717) is 19.0 Å². The number of nitrogens with zero attached hydrogens (tertiary/aromatic N) is 5. The van der Waals surface area contributed by atoms with E-state index < -0.39 is 11.9 Å². The largest absolute Gasteiger partial charge is 0.433 e.